The molecule has 3 aromatic rings. The second-order valence-electron chi connectivity index (χ2n) is 5.37. The van der Waals surface area contributed by atoms with Gasteiger partial charge in [0.1, 0.15) is 11.4 Å². The van der Waals surface area contributed by atoms with Crippen molar-refractivity contribution >= 4 is 17.6 Å². The molecule has 0 aliphatic rings. The lowest BCUT2D eigenvalue weighted by Crippen LogP contribution is -2.02. The first-order valence-corrected chi connectivity index (χ1v) is 8.17. The minimum atomic E-state index is -0.991. The molecular weight excluding hydrogens is 342 g/mol. The van der Waals surface area contributed by atoms with Crippen molar-refractivity contribution < 1.29 is 19.1 Å². The van der Waals surface area contributed by atoms with Gasteiger partial charge < -0.3 is 14.3 Å². The monoisotopic (exact) mass is 357 g/mol. The van der Waals surface area contributed by atoms with E-state index in [1.165, 1.54) is 0 Å². The Kier molecular flexibility index (Phi) is 5.05. The molecule has 0 unspecified atom stereocenters. The van der Waals surface area contributed by atoms with Gasteiger partial charge in [-0.2, -0.15) is 0 Å². The number of hydrogen-bond acceptors (Lipinski definition) is 4. The van der Waals surface area contributed by atoms with E-state index in [1.807, 2.05) is 43.3 Å². The summed E-state index contributed by atoms with van der Waals surface area (Å²) in [4.78, 5) is 15.1. The number of benzene rings is 2. The Hall–Kier alpha value is -2.79. The molecule has 2 aromatic carbocycles. The van der Waals surface area contributed by atoms with Gasteiger partial charge in [-0.3, -0.25) is 4.79 Å². The predicted octanol–water partition coefficient (Wildman–Crippen LogP) is 4.98. The summed E-state index contributed by atoms with van der Waals surface area (Å²) >= 11 is 6.21. The fourth-order valence-electron chi connectivity index (χ4n) is 2.38. The number of nitrogens with zero attached hydrogens (tertiary/aromatic N) is 1. The molecular formula is C19H16ClNO4. The van der Waals surface area contributed by atoms with E-state index in [4.69, 9.17) is 25.9 Å². The standard InChI is InChI=1S/C19H16ClNO4/c1-2-17-21-16(11-18(22)23)19(25-17)24-13-9-7-12(8-10-13)14-5-3-4-6-15(14)20/h3-10H,2,11H2,1H3,(H,22,23). The number of rotatable bonds is 6. The van der Waals surface area contributed by atoms with E-state index in [-0.39, 0.29) is 18.1 Å². The Morgan fingerprint density at radius 3 is 2.56 bits per heavy atom. The van der Waals surface area contributed by atoms with Crippen LogP contribution in [-0.4, -0.2) is 16.1 Å². The Morgan fingerprint density at radius 1 is 1.20 bits per heavy atom. The number of carbonyl (C=O) groups is 1. The third-order valence-corrected chi connectivity index (χ3v) is 3.91. The van der Waals surface area contributed by atoms with E-state index in [1.54, 1.807) is 12.1 Å². The summed E-state index contributed by atoms with van der Waals surface area (Å²) in [5, 5.41) is 9.65. The molecule has 0 aliphatic carbocycles. The molecule has 1 aromatic heterocycles. The van der Waals surface area contributed by atoms with Crippen molar-refractivity contribution in [2.24, 2.45) is 0 Å². The van der Waals surface area contributed by atoms with Crippen LogP contribution in [0.1, 0.15) is 18.5 Å². The van der Waals surface area contributed by atoms with Gasteiger partial charge in [-0.05, 0) is 23.8 Å². The fraction of sp³-hybridized carbons (Fsp3) is 0.158. The first-order valence-electron chi connectivity index (χ1n) is 7.80. The highest BCUT2D eigenvalue weighted by molar-refractivity contribution is 6.33. The number of aliphatic carboxylic acids is 1. The molecule has 6 heteroatoms. The molecule has 1 N–H and O–H groups in total. The number of halogens is 1. The van der Waals surface area contributed by atoms with E-state index in [2.05, 4.69) is 4.98 Å². The molecule has 0 bridgehead atoms. The lowest BCUT2D eigenvalue weighted by Gasteiger charge is -2.07. The van der Waals surface area contributed by atoms with Gasteiger partial charge >= 0.3 is 11.9 Å². The number of aromatic nitrogens is 1. The summed E-state index contributed by atoms with van der Waals surface area (Å²) < 4.78 is 11.2. The largest absolute Gasteiger partial charge is 0.481 e. The lowest BCUT2D eigenvalue weighted by molar-refractivity contribution is -0.136. The highest BCUT2D eigenvalue weighted by Gasteiger charge is 2.17. The van der Waals surface area contributed by atoms with Crippen LogP contribution in [-0.2, 0) is 17.6 Å². The number of ether oxygens (including phenoxy) is 1. The number of carboxylic acids is 1. The van der Waals surface area contributed by atoms with Crippen molar-refractivity contribution in [2.45, 2.75) is 19.8 Å². The molecule has 0 saturated carbocycles. The van der Waals surface area contributed by atoms with Crippen molar-refractivity contribution in [2.75, 3.05) is 0 Å². The summed E-state index contributed by atoms with van der Waals surface area (Å²) in [6, 6.07) is 14.9. The molecule has 0 spiro atoms. The third-order valence-electron chi connectivity index (χ3n) is 3.58. The first kappa shape index (κ1) is 17.0. The predicted molar refractivity (Wildman–Crippen MR) is 94.2 cm³/mol. The second kappa shape index (κ2) is 7.40. The van der Waals surface area contributed by atoms with Crippen molar-refractivity contribution in [1.29, 1.82) is 0 Å². The quantitative estimate of drug-likeness (QED) is 0.673. The third kappa shape index (κ3) is 4.00. The molecule has 128 valence electrons. The Bertz CT molecular complexity index is 887. The van der Waals surface area contributed by atoms with Crippen LogP contribution in [0.25, 0.3) is 11.1 Å². The molecule has 0 radical (unpaired) electrons. The van der Waals surface area contributed by atoms with Crippen LogP contribution in [0, 0.1) is 0 Å². The first-order chi connectivity index (χ1) is 12.1. The van der Waals surface area contributed by atoms with Crippen LogP contribution >= 0.6 is 11.6 Å². The minimum absolute atomic E-state index is 0.116. The number of hydrogen-bond donors (Lipinski definition) is 1. The fourth-order valence-corrected chi connectivity index (χ4v) is 2.62. The average molecular weight is 358 g/mol. The van der Waals surface area contributed by atoms with Crippen LogP contribution in [0.15, 0.2) is 52.9 Å². The average Bonchev–Trinajstić information content (AvgIpc) is 2.97. The van der Waals surface area contributed by atoms with E-state index in [0.29, 0.717) is 23.1 Å². The summed E-state index contributed by atoms with van der Waals surface area (Å²) in [5.41, 5.74) is 2.16. The minimum Gasteiger partial charge on any atom is -0.481 e. The van der Waals surface area contributed by atoms with Gasteiger partial charge in [-0.15, -0.1) is 0 Å². The normalized spacial score (nSPS) is 10.6. The van der Waals surface area contributed by atoms with Gasteiger partial charge in [-0.25, -0.2) is 4.98 Å². The number of oxazole rings is 1. The van der Waals surface area contributed by atoms with E-state index < -0.39 is 5.97 Å². The van der Waals surface area contributed by atoms with Gasteiger partial charge in [0.25, 0.3) is 0 Å². The van der Waals surface area contributed by atoms with E-state index in [9.17, 15) is 4.79 Å². The molecule has 0 saturated heterocycles. The zero-order valence-corrected chi connectivity index (χ0v) is 14.3. The van der Waals surface area contributed by atoms with Crippen LogP contribution in [0.3, 0.4) is 0 Å². The maximum atomic E-state index is 11.0. The topological polar surface area (TPSA) is 72.6 Å². The van der Waals surface area contributed by atoms with Crippen molar-refractivity contribution in [3.8, 4) is 22.8 Å². The highest BCUT2D eigenvalue weighted by atomic mass is 35.5. The second-order valence-corrected chi connectivity index (χ2v) is 5.78. The Morgan fingerprint density at radius 2 is 1.92 bits per heavy atom. The number of aryl methyl sites for hydroxylation is 1. The van der Waals surface area contributed by atoms with Gasteiger partial charge in [0.2, 0.25) is 0 Å². The zero-order valence-electron chi connectivity index (χ0n) is 13.5. The molecule has 0 amide bonds. The molecule has 0 aliphatic heterocycles. The van der Waals surface area contributed by atoms with Crippen LogP contribution in [0.4, 0.5) is 0 Å². The van der Waals surface area contributed by atoms with Crippen molar-refractivity contribution in [3.63, 3.8) is 0 Å². The van der Waals surface area contributed by atoms with Crippen molar-refractivity contribution in [3.05, 3.63) is 65.1 Å². The molecule has 0 atom stereocenters. The summed E-state index contributed by atoms with van der Waals surface area (Å²) in [6.07, 6.45) is 0.304. The summed E-state index contributed by atoms with van der Waals surface area (Å²) in [5.74, 6) is 0.0970. The molecule has 25 heavy (non-hydrogen) atoms. The molecule has 1 heterocycles. The maximum absolute atomic E-state index is 11.0. The van der Waals surface area contributed by atoms with Crippen LogP contribution in [0.5, 0.6) is 11.7 Å². The van der Waals surface area contributed by atoms with Gasteiger partial charge in [-0.1, -0.05) is 48.9 Å². The lowest BCUT2D eigenvalue weighted by atomic mass is 10.1. The summed E-state index contributed by atoms with van der Waals surface area (Å²) in [7, 11) is 0. The van der Waals surface area contributed by atoms with Crippen LogP contribution < -0.4 is 4.74 Å². The molecule has 5 nitrogen and oxygen atoms in total. The van der Waals surface area contributed by atoms with Crippen molar-refractivity contribution in [1.82, 2.24) is 4.98 Å². The Labute approximate surface area is 149 Å². The maximum Gasteiger partial charge on any atom is 0.314 e. The summed E-state index contributed by atoms with van der Waals surface area (Å²) in [6.45, 7) is 1.87. The van der Waals surface area contributed by atoms with Gasteiger partial charge in [0, 0.05) is 17.0 Å². The van der Waals surface area contributed by atoms with E-state index >= 15 is 0 Å². The van der Waals surface area contributed by atoms with Crippen LogP contribution in [0.2, 0.25) is 5.02 Å². The highest BCUT2D eigenvalue weighted by Crippen LogP contribution is 2.31. The smallest absolute Gasteiger partial charge is 0.314 e. The van der Waals surface area contributed by atoms with E-state index in [0.717, 1.165) is 11.1 Å². The zero-order chi connectivity index (χ0) is 17.8. The van der Waals surface area contributed by atoms with Gasteiger partial charge in [0.05, 0.1) is 6.42 Å². The SMILES string of the molecule is CCc1nc(CC(=O)O)c(Oc2ccc(-c3ccccc3Cl)cc2)o1. The Balaban J connectivity index is 1.83. The van der Waals surface area contributed by atoms with Gasteiger partial charge in [0.15, 0.2) is 5.89 Å². The number of carboxylic acid groups (broad SMARTS) is 1. The molecule has 0 fully saturated rings. The molecule has 3 rings (SSSR count).